The van der Waals surface area contributed by atoms with Crippen molar-refractivity contribution >= 4 is 9.84 Å². The first-order chi connectivity index (χ1) is 13.5. The molecule has 0 aliphatic heterocycles. The number of aromatic nitrogens is 1. The van der Waals surface area contributed by atoms with E-state index in [9.17, 15) is 22.0 Å². The standard InChI is InChI=1S/C21H19F2NO4S/c1-13-9-20(25)24(2)11-17(13)16-6-4-5-14(12-29(3,26)27)21(16)28-19-8-7-15(22)10-18(19)23/h4-11H,12H2,1-3H3. The molecule has 0 aliphatic carbocycles. The Morgan fingerprint density at radius 3 is 2.45 bits per heavy atom. The number of nitrogens with zero attached hydrogens (tertiary/aromatic N) is 1. The van der Waals surface area contributed by atoms with Gasteiger partial charge in [-0.1, -0.05) is 18.2 Å². The van der Waals surface area contributed by atoms with E-state index in [1.54, 1.807) is 38.4 Å². The topological polar surface area (TPSA) is 65.4 Å². The summed E-state index contributed by atoms with van der Waals surface area (Å²) in [5, 5.41) is 0. The first-order valence-electron chi connectivity index (χ1n) is 8.65. The van der Waals surface area contributed by atoms with Crippen LogP contribution in [0.4, 0.5) is 8.78 Å². The van der Waals surface area contributed by atoms with Gasteiger partial charge in [0.2, 0.25) is 0 Å². The van der Waals surface area contributed by atoms with Crippen molar-refractivity contribution < 1.29 is 21.9 Å². The molecule has 2 aromatic carbocycles. The SMILES string of the molecule is Cc1cc(=O)n(C)cc1-c1cccc(CS(C)(=O)=O)c1Oc1ccc(F)cc1F. The number of para-hydroxylation sites is 1. The van der Waals surface area contributed by atoms with E-state index in [-0.39, 0.29) is 22.8 Å². The number of hydrogen-bond donors (Lipinski definition) is 0. The molecule has 0 saturated carbocycles. The molecular formula is C21H19F2NO4S. The molecule has 0 fully saturated rings. The summed E-state index contributed by atoms with van der Waals surface area (Å²) in [6.07, 6.45) is 2.69. The molecule has 0 bridgehead atoms. The number of aryl methyl sites for hydroxylation is 2. The fourth-order valence-electron chi connectivity index (χ4n) is 2.99. The predicted octanol–water partition coefficient (Wildman–Crippen LogP) is 3.98. The van der Waals surface area contributed by atoms with E-state index in [1.807, 2.05) is 0 Å². The normalized spacial score (nSPS) is 11.5. The van der Waals surface area contributed by atoms with Gasteiger partial charge in [0, 0.05) is 48.3 Å². The van der Waals surface area contributed by atoms with Crippen molar-refractivity contribution in [3.63, 3.8) is 0 Å². The van der Waals surface area contributed by atoms with Crippen LogP contribution in [-0.4, -0.2) is 19.2 Å². The maximum atomic E-state index is 14.2. The van der Waals surface area contributed by atoms with Crippen molar-refractivity contribution in [3.05, 3.63) is 81.8 Å². The zero-order valence-corrected chi connectivity index (χ0v) is 16.9. The summed E-state index contributed by atoms with van der Waals surface area (Å²) in [5.41, 5.74) is 1.88. The van der Waals surface area contributed by atoms with Crippen LogP contribution in [0.3, 0.4) is 0 Å². The lowest BCUT2D eigenvalue weighted by molar-refractivity contribution is 0.436. The maximum Gasteiger partial charge on any atom is 0.250 e. The second kappa shape index (κ2) is 7.79. The minimum Gasteiger partial charge on any atom is -0.453 e. The van der Waals surface area contributed by atoms with Gasteiger partial charge in [0.05, 0.1) is 5.75 Å². The molecule has 1 heterocycles. The number of halogens is 2. The highest BCUT2D eigenvalue weighted by Gasteiger charge is 2.19. The number of hydrogen-bond acceptors (Lipinski definition) is 4. The van der Waals surface area contributed by atoms with E-state index < -0.39 is 21.5 Å². The predicted molar refractivity (Wildman–Crippen MR) is 107 cm³/mol. The number of benzene rings is 2. The van der Waals surface area contributed by atoms with Gasteiger partial charge in [0.25, 0.3) is 5.56 Å². The number of sulfone groups is 1. The molecule has 1 aromatic heterocycles. The van der Waals surface area contributed by atoms with Gasteiger partial charge in [0.1, 0.15) is 11.6 Å². The Labute approximate surface area is 167 Å². The second-order valence-electron chi connectivity index (χ2n) is 6.86. The van der Waals surface area contributed by atoms with Gasteiger partial charge in [0.15, 0.2) is 21.4 Å². The smallest absolute Gasteiger partial charge is 0.250 e. The van der Waals surface area contributed by atoms with Crippen LogP contribution in [0.2, 0.25) is 0 Å². The Bertz CT molecular complexity index is 1250. The largest absolute Gasteiger partial charge is 0.453 e. The van der Waals surface area contributed by atoms with E-state index in [2.05, 4.69) is 0 Å². The Balaban J connectivity index is 2.25. The fourth-order valence-corrected chi connectivity index (χ4v) is 3.78. The molecule has 5 nitrogen and oxygen atoms in total. The van der Waals surface area contributed by atoms with Crippen LogP contribution in [0.25, 0.3) is 11.1 Å². The second-order valence-corrected chi connectivity index (χ2v) is 9.00. The third kappa shape index (κ3) is 4.71. The Kier molecular flexibility index (Phi) is 5.57. The lowest BCUT2D eigenvalue weighted by Crippen LogP contribution is -2.15. The molecule has 3 rings (SSSR count). The summed E-state index contributed by atoms with van der Waals surface area (Å²) in [7, 11) is -1.83. The zero-order valence-electron chi connectivity index (χ0n) is 16.1. The summed E-state index contributed by atoms with van der Waals surface area (Å²) >= 11 is 0. The summed E-state index contributed by atoms with van der Waals surface area (Å²) in [5.74, 6) is -2.11. The molecule has 152 valence electrons. The van der Waals surface area contributed by atoms with Crippen molar-refractivity contribution in [3.8, 4) is 22.6 Å². The monoisotopic (exact) mass is 419 g/mol. The van der Waals surface area contributed by atoms with Crippen LogP contribution in [0.1, 0.15) is 11.1 Å². The van der Waals surface area contributed by atoms with Gasteiger partial charge in [-0.25, -0.2) is 17.2 Å². The number of pyridine rings is 1. The lowest BCUT2D eigenvalue weighted by atomic mass is 9.99. The fraction of sp³-hybridized carbons (Fsp3) is 0.190. The third-order valence-corrected chi connectivity index (χ3v) is 5.18. The van der Waals surface area contributed by atoms with E-state index >= 15 is 0 Å². The Hall–Kier alpha value is -3.00. The van der Waals surface area contributed by atoms with Gasteiger partial charge < -0.3 is 9.30 Å². The molecule has 0 aliphatic rings. The van der Waals surface area contributed by atoms with Gasteiger partial charge in [-0.3, -0.25) is 4.79 Å². The van der Waals surface area contributed by atoms with Crippen molar-refractivity contribution in [2.24, 2.45) is 7.05 Å². The summed E-state index contributed by atoms with van der Waals surface area (Å²) < 4.78 is 58.4. The van der Waals surface area contributed by atoms with Crippen molar-refractivity contribution in [1.29, 1.82) is 0 Å². The Morgan fingerprint density at radius 1 is 1.07 bits per heavy atom. The first kappa shape index (κ1) is 20.7. The van der Waals surface area contributed by atoms with Crippen LogP contribution in [0, 0.1) is 18.6 Å². The quantitative estimate of drug-likeness (QED) is 0.628. The highest BCUT2D eigenvalue weighted by molar-refractivity contribution is 7.89. The van der Waals surface area contributed by atoms with E-state index in [0.29, 0.717) is 28.3 Å². The zero-order chi connectivity index (χ0) is 21.3. The lowest BCUT2D eigenvalue weighted by Gasteiger charge is -2.18. The minimum atomic E-state index is -3.42. The van der Waals surface area contributed by atoms with E-state index in [0.717, 1.165) is 18.4 Å². The summed E-state index contributed by atoms with van der Waals surface area (Å²) in [4.78, 5) is 11.9. The molecule has 0 radical (unpaired) electrons. The molecule has 0 amide bonds. The van der Waals surface area contributed by atoms with Gasteiger partial charge in [-0.2, -0.15) is 0 Å². The van der Waals surface area contributed by atoms with Crippen molar-refractivity contribution in [2.75, 3.05) is 6.26 Å². The molecular weight excluding hydrogens is 400 g/mol. The van der Waals surface area contributed by atoms with Crippen LogP contribution in [0.5, 0.6) is 11.5 Å². The van der Waals surface area contributed by atoms with Gasteiger partial charge >= 0.3 is 0 Å². The molecule has 0 spiro atoms. The van der Waals surface area contributed by atoms with Crippen LogP contribution in [0.15, 0.2) is 53.5 Å². The van der Waals surface area contributed by atoms with E-state index in [1.165, 1.54) is 10.6 Å². The minimum absolute atomic E-state index is 0.130. The first-order valence-corrected chi connectivity index (χ1v) is 10.7. The molecule has 29 heavy (non-hydrogen) atoms. The van der Waals surface area contributed by atoms with Gasteiger partial charge in [-0.15, -0.1) is 0 Å². The molecule has 0 saturated heterocycles. The van der Waals surface area contributed by atoms with Gasteiger partial charge in [-0.05, 0) is 24.6 Å². The maximum absolute atomic E-state index is 14.2. The van der Waals surface area contributed by atoms with Crippen LogP contribution >= 0.6 is 0 Å². The van der Waals surface area contributed by atoms with Crippen LogP contribution in [-0.2, 0) is 22.6 Å². The summed E-state index contributed by atoms with van der Waals surface area (Å²) in [6, 6.07) is 9.24. The molecule has 0 N–H and O–H groups in total. The molecule has 0 unspecified atom stereocenters. The average molecular weight is 419 g/mol. The van der Waals surface area contributed by atoms with Crippen LogP contribution < -0.4 is 10.3 Å². The van der Waals surface area contributed by atoms with Crippen molar-refractivity contribution in [1.82, 2.24) is 4.57 Å². The molecule has 0 atom stereocenters. The highest BCUT2D eigenvalue weighted by atomic mass is 32.2. The van der Waals surface area contributed by atoms with Crippen molar-refractivity contribution in [2.45, 2.75) is 12.7 Å². The van der Waals surface area contributed by atoms with E-state index in [4.69, 9.17) is 4.74 Å². The number of ether oxygens (including phenoxy) is 1. The molecule has 8 heteroatoms. The third-order valence-electron chi connectivity index (χ3n) is 4.35. The molecule has 3 aromatic rings. The Morgan fingerprint density at radius 2 is 1.79 bits per heavy atom. The summed E-state index contributed by atoms with van der Waals surface area (Å²) in [6.45, 7) is 1.74. The highest BCUT2D eigenvalue weighted by Crippen LogP contribution is 2.39. The average Bonchev–Trinajstić information content (AvgIpc) is 2.60. The number of rotatable bonds is 5.